The molecule has 244 valence electrons. The van der Waals surface area contributed by atoms with Gasteiger partial charge in [0.1, 0.15) is 5.82 Å². The molecule has 2 aliphatic rings. The van der Waals surface area contributed by atoms with Gasteiger partial charge in [-0.2, -0.15) is 18.3 Å². The predicted molar refractivity (Wildman–Crippen MR) is 158 cm³/mol. The second-order valence-electron chi connectivity index (χ2n) is 13.0. The van der Waals surface area contributed by atoms with Gasteiger partial charge in [0.25, 0.3) is 5.91 Å². The Morgan fingerprint density at radius 2 is 1.66 bits per heavy atom. The standard InChI is InChI=1S/C31H39Cl2F4N3O4/c1-5-44-28(43)30(4)12-8-20(9-13-30)40-26(31(35,36)37)21(16-38-40)27(42)39(19-6-10-29(2,3)11-7-19)17-24(41)25-22(32)14-18(34)15-23(25)33/h14-16,19-20,24,41H,5-13,17H2,1-4H3. The van der Waals surface area contributed by atoms with Crippen molar-refractivity contribution in [2.24, 2.45) is 10.8 Å². The highest BCUT2D eigenvalue weighted by Gasteiger charge is 2.46. The molecule has 2 aliphatic carbocycles. The molecule has 13 heteroatoms. The van der Waals surface area contributed by atoms with E-state index in [2.05, 4.69) is 18.9 Å². The van der Waals surface area contributed by atoms with E-state index in [1.807, 2.05) is 0 Å². The van der Waals surface area contributed by atoms with Crippen LogP contribution in [0.1, 0.15) is 113 Å². The van der Waals surface area contributed by atoms with Gasteiger partial charge in [-0.25, -0.2) is 4.39 Å². The molecular weight excluding hydrogens is 625 g/mol. The molecule has 4 rings (SSSR count). The molecule has 1 atom stereocenters. The Kier molecular flexibility index (Phi) is 10.3. The third kappa shape index (κ3) is 7.36. The number of rotatable bonds is 8. The first-order valence-electron chi connectivity index (χ1n) is 14.9. The Balaban J connectivity index is 1.67. The minimum Gasteiger partial charge on any atom is -0.466 e. The number of nitrogens with zero attached hydrogens (tertiary/aromatic N) is 3. The summed E-state index contributed by atoms with van der Waals surface area (Å²) in [5.41, 5.74) is -2.61. The predicted octanol–water partition coefficient (Wildman–Crippen LogP) is 8.18. The van der Waals surface area contributed by atoms with E-state index >= 15 is 0 Å². The van der Waals surface area contributed by atoms with Gasteiger partial charge in [-0.3, -0.25) is 14.3 Å². The van der Waals surface area contributed by atoms with E-state index in [4.69, 9.17) is 27.9 Å². The fourth-order valence-electron chi connectivity index (χ4n) is 6.47. The molecule has 2 fully saturated rings. The van der Waals surface area contributed by atoms with Crippen molar-refractivity contribution < 1.29 is 37.0 Å². The summed E-state index contributed by atoms with van der Waals surface area (Å²) in [4.78, 5) is 27.8. The van der Waals surface area contributed by atoms with Crippen LogP contribution in [-0.2, 0) is 15.7 Å². The zero-order chi connectivity index (χ0) is 32.6. The number of ether oxygens (including phenoxy) is 1. The van der Waals surface area contributed by atoms with Crippen LogP contribution in [0, 0.1) is 16.6 Å². The first kappa shape index (κ1) is 34.5. The number of hydrogen-bond donors (Lipinski definition) is 1. The molecule has 1 aromatic carbocycles. The van der Waals surface area contributed by atoms with Crippen LogP contribution in [0.5, 0.6) is 0 Å². The monoisotopic (exact) mass is 663 g/mol. The number of aliphatic hydroxyl groups is 1. The van der Waals surface area contributed by atoms with Gasteiger partial charge in [0.2, 0.25) is 0 Å². The second kappa shape index (κ2) is 13.2. The minimum absolute atomic E-state index is 0.00550. The molecule has 7 nitrogen and oxygen atoms in total. The van der Waals surface area contributed by atoms with Crippen molar-refractivity contribution in [1.29, 1.82) is 0 Å². The number of halogens is 6. The highest BCUT2D eigenvalue weighted by Crippen LogP contribution is 2.45. The number of aromatic nitrogens is 2. The van der Waals surface area contributed by atoms with Gasteiger partial charge < -0.3 is 14.7 Å². The molecule has 0 bridgehead atoms. The van der Waals surface area contributed by atoms with Gasteiger partial charge in [-0.1, -0.05) is 37.0 Å². The van der Waals surface area contributed by atoms with Crippen LogP contribution in [0.2, 0.25) is 10.0 Å². The number of aliphatic hydroxyl groups excluding tert-OH is 1. The zero-order valence-electron chi connectivity index (χ0n) is 25.3. The van der Waals surface area contributed by atoms with Crippen LogP contribution in [-0.4, -0.2) is 50.9 Å². The number of amides is 1. The van der Waals surface area contributed by atoms with Crippen LogP contribution in [0.25, 0.3) is 0 Å². The van der Waals surface area contributed by atoms with Crippen LogP contribution >= 0.6 is 23.2 Å². The van der Waals surface area contributed by atoms with E-state index in [-0.39, 0.29) is 46.4 Å². The van der Waals surface area contributed by atoms with Gasteiger partial charge >= 0.3 is 12.1 Å². The Labute approximate surface area is 264 Å². The van der Waals surface area contributed by atoms with Gasteiger partial charge in [0.15, 0.2) is 5.69 Å². The van der Waals surface area contributed by atoms with E-state index in [1.165, 1.54) is 4.90 Å². The minimum atomic E-state index is -4.91. The maximum Gasteiger partial charge on any atom is 0.433 e. The summed E-state index contributed by atoms with van der Waals surface area (Å²) in [6.07, 6.45) is -1.87. The zero-order valence-corrected chi connectivity index (χ0v) is 26.8. The fraction of sp³-hybridized carbons (Fsp3) is 0.645. The molecule has 1 aromatic heterocycles. The first-order valence-corrected chi connectivity index (χ1v) is 15.7. The lowest BCUT2D eigenvalue weighted by Gasteiger charge is -2.41. The maximum absolute atomic E-state index is 14.7. The van der Waals surface area contributed by atoms with Gasteiger partial charge in [0, 0.05) is 11.6 Å². The highest BCUT2D eigenvalue weighted by molar-refractivity contribution is 6.36. The largest absolute Gasteiger partial charge is 0.466 e. The summed E-state index contributed by atoms with van der Waals surface area (Å²) in [5, 5.41) is 14.9. The summed E-state index contributed by atoms with van der Waals surface area (Å²) in [6, 6.07) is 0.809. The normalized spacial score (nSPS) is 23.3. The smallest absolute Gasteiger partial charge is 0.433 e. The van der Waals surface area contributed by atoms with Crippen LogP contribution < -0.4 is 0 Å². The lowest BCUT2D eigenvalue weighted by molar-refractivity contribution is -0.157. The molecule has 44 heavy (non-hydrogen) atoms. The topological polar surface area (TPSA) is 84.7 Å². The van der Waals surface area contributed by atoms with E-state index in [0.717, 1.165) is 35.9 Å². The number of carbonyl (C=O) groups is 2. The van der Waals surface area contributed by atoms with Gasteiger partial charge in [0.05, 0.1) is 52.5 Å². The molecular formula is C31H39Cl2F4N3O4. The Morgan fingerprint density at radius 1 is 1.09 bits per heavy atom. The fourth-order valence-corrected chi connectivity index (χ4v) is 7.18. The molecule has 1 unspecified atom stereocenters. The molecule has 0 radical (unpaired) electrons. The number of hydrogen-bond acceptors (Lipinski definition) is 5. The second-order valence-corrected chi connectivity index (χ2v) is 13.8. The third-order valence-electron chi connectivity index (χ3n) is 9.22. The number of alkyl halides is 3. The summed E-state index contributed by atoms with van der Waals surface area (Å²) >= 11 is 12.4. The molecule has 0 spiro atoms. The molecule has 0 aliphatic heterocycles. The van der Waals surface area contributed by atoms with E-state index in [1.54, 1.807) is 13.8 Å². The lowest BCUT2D eigenvalue weighted by atomic mass is 9.74. The molecule has 1 N–H and O–H groups in total. The van der Waals surface area contributed by atoms with Gasteiger partial charge in [-0.15, -0.1) is 0 Å². The van der Waals surface area contributed by atoms with Crippen molar-refractivity contribution in [3.63, 3.8) is 0 Å². The van der Waals surface area contributed by atoms with Crippen molar-refractivity contribution >= 4 is 35.1 Å². The Morgan fingerprint density at radius 3 is 2.18 bits per heavy atom. The van der Waals surface area contributed by atoms with Crippen LogP contribution in [0.15, 0.2) is 18.3 Å². The molecule has 1 amide bonds. The van der Waals surface area contributed by atoms with E-state index in [0.29, 0.717) is 25.7 Å². The third-order valence-corrected chi connectivity index (χ3v) is 9.85. The summed E-state index contributed by atoms with van der Waals surface area (Å²) < 4.78 is 63.9. The molecule has 2 saturated carbocycles. The average molecular weight is 665 g/mol. The average Bonchev–Trinajstić information content (AvgIpc) is 3.38. The molecule has 2 aromatic rings. The lowest BCUT2D eigenvalue weighted by Crippen LogP contribution is -2.46. The van der Waals surface area contributed by atoms with Crippen molar-refractivity contribution in [2.45, 2.75) is 103 Å². The SMILES string of the molecule is CCOC(=O)C1(C)CCC(n2ncc(C(=O)N(CC(O)c3c(Cl)cc(F)cc3Cl)C3CCC(C)(C)CC3)c2C(F)(F)F)CC1. The number of carbonyl (C=O) groups excluding carboxylic acids is 2. The van der Waals surface area contributed by atoms with Crippen molar-refractivity contribution in [1.82, 2.24) is 14.7 Å². The quantitative estimate of drug-likeness (QED) is 0.227. The van der Waals surface area contributed by atoms with Crippen LogP contribution in [0.4, 0.5) is 17.6 Å². The van der Waals surface area contributed by atoms with Crippen LogP contribution in [0.3, 0.4) is 0 Å². The Bertz CT molecular complexity index is 1340. The van der Waals surface area contributed by atoms with Crippen molar-refractivity contribution in [3.8, 4) is 0 Å². The van der Waals surface area contributed by atoms with E-state index in [9.17, 15) is 32.3 Å². The van der Waals surface area contributed by atoms with E-state index < -0.39 is 59.3 Å². The summed E-state index contributed by atoms with van der Waals surface area (Å²) in [5.74, 6) is -2.02. The van der Waals surface area contributed by atoms with Gasteiger partial charge in [-0.05, 0) is 82.8 Å². The van der Waals surface area contributed by atoms with Crippen molar-refractivity contribution in [2.75, 3.05) is 13.2 Å². The Hall–Kier alpha value is -2.37. The van der Waals surface area contributed by atoms with Crippen molar-refractivity contribution in [3.05, 3.63) is 51.0 Å². The highest BCUT2D eigenvalue weighted by atomic mass is 35.5. The number of benzene rings is 1. The number of esters is 1. The molecule has 0 saturated heterocycles. The first-order chi connectivity index (χ1) is 20.5. The maximum atomic E-state index is 14.7. The summed E-state index contributed by atoms with van der Waals surface area (Å²) in [6.45, 7) is 7.43. The molecule has 1 heterocycles. The summed E-state index contributed by atoms with van der Waals surface area (Å²) in [7, 11) is 0.